The van der Waals surface area contributed by atoms with Crippen molar-refractivity contribution < 1.29 is 9.64 Å². The molecule has 3 aromatic carbocycles. The highest BCUT2D eigenvalue weighted by Crippen LogP contribution is 2.49. The predicted molar refractivity (Wildman–Crippen MR) is 115 cm³/mol. The molecule has 0 amide bonds. The maximum absolute atomic E-state index is 6.70. The summed E-state index contributed by atoms with van der Waals surface area (Å²) in [5, 5.41) is 10.1. The van der Waals surface area contributed by atoms with E-state index in [2.05, 4.69) is 78.8 Å². The van der Waals surface area contributed by atoms with Crippen molar-refractivity contribution in [3.05, 3.63) is 77.9 Å². The number of hydrogen-bond acceptors (Lipinski definition) is 3. The van der Waals surface area contributed by atoms with E-state index in [1.807, 2.05) is 0 Å². The van der Waals surface area contributed by atoms with Crippen molar-refractivity contribution in [2.75, 3.05) is 20.1 Å². The molecule has 0 aliphatic carbocycles. The van der Waals surface area contributed by atoms with Crippen molar-refractivity contribution in [1.29, 1.82) is 0 Å². The molecule has 1 spiro atoms. The molecular weight excluding hydrogens is 358 g/mol. The Kier molecular flexibility index (Phi) is 3.72. The zero-order chi connectivity index (χ0) is 19.4. The number of ether oxygens (including phenoxy) is 1. The summed E-state index contributed by atoms with van der Waals surface area (Å²) in [6.45, 7) is 2.23. The molecule has 0 bridgehead atoms. The number of quaternary nitrogens is 1. The van der Waals surface area contributed by atoms with Gasteiger partial charge >= 0.3 is 0 Å². The molecule has 146 valence electrons. The minimum atomic E-state index is -0.315. The van der Waals surface area contributed by atoms with Crippen LogP contribution in [0, 0.1) is 0 Å². The molecule has 3 aliphatic heterocycles. The van der Waals surface area contributed by atoms with E-state index in [9.17, 15) is 0 Å². The van der Waals surface area contributed by atoms with Crippen LogP contribution in [0.2, 0.25) is 0 Å². The van der Waals surface area contributed by atoms with E-state index >= 15 is 0 Å². The van der Waals surface area contributed by atoms with Crippen LogP contribution in [0.4, 0.5) is 0 Å². The maximum Gasteiger partial charge on any atom is 0.208 e. The van der Waals surface area contributed by atoms with Gasteiger partial charge in [-0.15, -0.1) is 0 Å². The number of para-hydroxylation sites is 1. The van der Waals surface area contributed by atoms with E-state index in [0.29, 0.717) is 0 Å². The number of rotatable bonds is 1. The number of likely N-dealkylation sites (tertiary alicyclic amines) is 1. The summed E-state index contributed by atoms with van der Waals surface area (Å²) >= 11 is 0. The first kappa shape index (κ1) is 17.0. The van der Waals surface area contributed by atoms with Gasteiger partial charge in [0, 0.05) is 17.5 Å². The van der Waals surface area contributed by atoms with E-state index in [-0.39, 0.29) is 11.8 Å². The molecule has 4 nitrogen and oxygen atoms in total. The molecule has 4 heteroatoms. The molecule has 0 radical (unpaired) electrons. The molecule has 1 saturated heterocycles. The maximum atomic E-state index is 6.70. The van der Waals surface area contributed by atoms with Crippen molar-refractivity contribution in [1.82, 2.24) is 5.01 Å². The molecule has 3 aromatic rings. The summed E-state index contributed by atoms with van der Waals surface area (Å²) in [6.07, 6.45) is 2.95. The standard InChI is InChI=1S/C25H25N3O/c1-27-15-13-25(14-16-27)28-23(21-10-4-5-12-24(21)29-25)17-22(26-28)20-11-6-8-18-7-2-3-9-19(18)20/h2-12,23H,13-17H2,1H3/p+1/t23-/m0/s1. The second-order valence-electron chi connectivity index (χ2n) is 8.68. The number of nitrogens with one attached hydrogen (secondary N) is 1. The summed E-state index contributed by atoms with van der Waals surface area (Å²) in [5.74, 6) is 1.04. The highest BCUT2D eigenvalue weighted by atomic mass is 16.5. The number of hydrazone groups is 1. The molecule has 29 heavy (non-hydrogen) atoms. The first-order valence-corrected chi connectivity index (χ1v) is 10.7. The van der Waals surface area contributed by atoms with E-state index in [1.165, 1.54) is 27.6 Å². The summed E-state index contributed by atoms with van der Waals surface area (Å²) in [5.41, 5.74) is 3.38. The lowest BCUT2D eigenvalue weighted by molar-refractivity contribution is -0.888. The van der Waals surface area contributed by atoms with Crippen LogP contribution in [0.5, 0.6) is 5.75 Å². The Balaban J connectivity index is 1.48. The lowest BCUT2D eigenvalue weighted by Gasteiger charge is -2.49. The van der Waals surface area contributed by atoms with E-state index in [0.717, 1.165) is 38.1 Å². The third-order valence-electron chi connectivity index (χ3n) is 6.89. The number of benzene rings is 3. The van der Waals surface area contributed by atoms with Gasteiger partial charge in [-0.05, 0) is 16.8 Å². The summed E-state index contributed by atoms with van der Waals surface area (Å²) in [7, 11) is 2.27. The molecule has 0 unspecified atom stereocenters. The highest BCUT2D eigenvalue weighted by Gasteiger charge is 2.52. The average Bonchev–Trinajstić information content (AvgIpc) is 3.22. The van der Waals surface area contributed by atoms with E-state index in [1.54, 1.807) is 4.90 Å². The van der Waals surface area contributed by atoms with Crippen LogP contribution in [0.1, 0.15) is 36.4 Å². The summed E-state index contributed by atoms with van der Waals surface area (Å²) < 4.78 is 6.70. The molecule has 1 fully saturated rings. The third kappa shape index (κ3) is 2.59. The van der Waals surface area contributed by atoms with Gasteiger partial charge in [-0.1, -0.05) is 60.7 Å². The number of hydrogen-bond donors (Lipinski definition) is 1. The molecule has 0 saturated carbocycles. The first-order chi connectivity index (χ1) is 14.2. The van der Waals surface area contributed by atoms with Crippen LogP contribution in [0.3, 0.4) is 0 Å². The van der Waals surface area contributed by atoms with Gasteiger partial charge in [0.15, 0.2) is 0 Å². The molecule has 3 aliphatic rings. The third-order valence-corrected chi connectivity index (χ3v) is 6.89. The van der Waals surface area contributed by atoms with Crippen molar-refractivity contribution in [2.24, 2.45) is 5.10 Å². The molecule has 1 N–H and O–H groups in total. The second kappa shape index (κ2) is 6.33. The van der Waals surface area contributed by atoms with Gasteiger partial charge in [0.05, 0.1) is 44.7 Å². The first-order valence-electron chi connectivity index (χ1n) is 10.7. The van der Waals surface area contributed by atoms with Crippen LogP contribution >= 0.6 is 0 Å². The highest BCUT2D eigenvalue weighted by molar-refractivity contribution is 6.11. The van der Waals surface area contributed by atoms with Crippen molar-refractivity contribution in [3.63, 3.8) is 0 Å². The Morgan fingerprint density at radius 2 is 1.72 bits per heavy atom. The second-order valence-corrected chi connectivity index (χ2v) is 8.68. The van der Waals surface area contributed by atoms with Gasteiger partial charge in [0.2, 0.25) is 5.72 Å². The quantitative estimate of drug-likeness (QED) is 0.697. The van der Waals surface area contributed by atoms with Crippen LogP contribution in [0.15, 0.2) is 71.8 Å². The SMILES string of the molecule is C[NH+]1CCC2(CC1)Oc1ccccc1[C@@H]1CC(c3cccc4ccccc34)=NN12. The number of piperidine rings is 1. The van der Waals surface area contributed by atoms with Gasteiger partial charge < -0.3 is 9.64 Å². The Hall–Kier alpha value is -2.85. The number of fused-ring (bicyclic) bond motifs is 5. The minimum absolute atomic E-state index is 0.257. The van der Waals surface area contributed by atoms with E-state index < -0.39 is 0 Å². The fourth-order valence-corrected chi connectivity index (χ4v) is 5.27. The van der Waals surface area contributed by atoms with Gasteiger partial charge in [-0.3, -0.25) is 0 Å². The molecule has 6 rings (SSSR count). The smallest absolute Gasteiger partial charge is 0.208 e. The van der Waals surface area contributed by atoms with Gasteiger partial charge in [-0.2, -0.15) is 5.10 Å². The van der Waals surface area contributed by atoms with Crippen LogP contribution in [-0.4, -0.2) is 36.6 Å². The van der Waals surface area contributed by atoms with E-state index in [4.69, 9.17) is 9.84 Å². The Bertz CT molecular complexity index is 1110. The zero-order valence-electron chi connectivity index (χ0n) is 16.8. The van der Waals surface area contributed by atoms with Gasteiger partial charge in [0.1, 0.15) is 5.75 Å². The zero-order valence-corrected chi connectivity index (χ0v) is 16.8. The van der Waals surface area contributed by atoms with Crippen LogP contribution in [-0.2, 0) is 0 Å². The minimum Gasteiger partial charge on any atom is -0.466 e. The monoisotopic (exact) mass is 384 g/mol. The van der Waals surface area contributed by atoms with Crippen molar-refractivity contribution >= 4 is 16.5 Å². The largest absolute Gasteiger partial charge is 0.466 e. The molecule has 0 aromatic heterocycles. The number of nitrogens with zero attached hydrogens (tertiary/aromatic N) is 2. The lowest BCUT2D eigenvalue weighted by atomic mass is 9.90. The summed E-state index contributed by atoms with van der Waals surface area (Å²) in [4.78, 5) is 1.58. The van der Waals surface area contributed by atoms with Gasteiger partial charge in [0.25, 0.3) is 0 Å². The summed E-state index contributed by atoms with van der Waals surface area (Å²) in [6, 6.07) is 24.0. The fraction of sp³-hybridized carbons (Fsp3) is 0.320. The molecular formula is C25H26N3O+. The molecule has 3 heterocycles. The van der Waals surface area contributed by atoms with Crippen LogP contribution in [0.25, 0.3) is 10.8 Å². The van der Waals surface area contributed by atoms with Crippen LogP contribution < -0.4 is 9.64 Å². The van der Waals surface area contributed by atoms with Crippen molar-refractivity contribution in [2.45, 2.75) is 31.0 Å². The molecule has 1 atom stereocenters. The normalized spacial score (nSPS) is 28.0. The predicted octanol–water partition coefficient (Wildman–Crippen LogP) is 3.39. The average molecular weight is 385 g/mol. The Labute approximate surface area is 171 Å². The fourth-order valence-electron chi connectivity index (χ4n) is 5.27. The van der Waals surface area contributed by atoms with Crippen molar-refractivity contribution in [3.8, 4) is 5.75 Å². The Morgan fingerprint density at radius 3 is 2.62 bits per heavy atom. The lowest BCUT2D eigenvalue weighted by Crippen LogP contribution is -3.11. The topological polar surface area (TPSA) is 29.3 Å². The Morgan fingerprint density at radius 1 is 0.966 bits per heavy atom. The van der Waals surface area contributed by atoms with Gasteiger partial charge in [-0.25, -0.2) is 5.01 Å².